The van der Waals surface area contributed by atoms with E-state index >= 15 is 0 Å². The van der Waals surface area contributed by atoms with Gasteiger partial charge in [0.2, 0.25) is 0 Å². The van der Waals surface area contributed by atoms with Crippen molar-refractivity contribution in [1.82, 2.24) is 4.90 Å². The summed E-state index contributed by atoms with van der Waals surface area (Å²) in [4.78, 5) is 13.1. The number of carboxylic acids is 1. The van der Waals surface area contributed by atoms with Crippen molar-refractivity contribution in [2.75, 3.05) is 13.7 Å². The largest absolute Gasteiger partial charge is 0.497 e. The maximum absolute atomic E-state index is 11.0. The molecule has 1 saturated heterocycles. The third-order valence-electron chi connectivity index (χ3n) is 3.81. The van der Waals surface area contributed by atoms with Crippen LogP contribution in [0.5, 0.6) is 5.75 Å². The number of aliphatic carboxylic acids is 1. The lowest BCUT2D eigenvalue weighted by Crippen LogP contribution is -2.48. The molecule has 1 aromatic carbocycles. The van der Waals surface area contributed by atoms with Gasteiger partial charge in [-0.15, -0.1) is 0 Å². The van der Waals surface area contributed by atoms with E-state index in [0.29, 0.717) is 0 Å². The fraction of sp³-hybridized carbons (Fsp3) is 0.533. The van der Waals surface area contributed by atoms with E-state index in [2.05, 4.69) is 4.90 Å². The van der Waals surface area contributed by atoms with Crippen LogP contribution in [-0.2, 0) is 11.3 Å². The maximum atomic E-state index is 11.0. The van der Waals surface area contributed by atoms with Crippen LogP contribution in [0.3, 0.4) is 0 Å². The maximum Gasteiger partial charge on any atom is 0.304 e. The Morgan fingerprint density at radius 1 is 1.40 bits per heavy atom. The number of benzene rings is 1. The van der Waals surface area contributed by atoms with E-state index in [4.69, 9.17) is 15.6 Å². The zero-order valence-electron chi connectivity index (χ0n) is 11.8. The smallest absolute Gasteiger partial charge is 0.304 e. The fourth-order valence-electron chi connectivity index (χ4n) is 2.72. The van der Waals surface area contributed by atoms with Gasteiger partial charge in [-0.05, 0) is 30.5 Å². The molecule has 0 aliphatic carbocycles. The molecule has 0 saturated carbocycles. The van der Waals surface area contributed by atoms with Gasteiger partial charge in [-0.3, -0.25) is 9.69 Å². The summed E-state index contributed by atoms with van der Waals surface area (Å²) in [5, 5.41) is 9.01. The molecule has 1 heterocycles. The van der Waals surface area contributed by atoms with E-state index in [1.807, 2.05) is 24.3 Å². The molecule has 1 fully saturated rings. The third kappa shape index (κ3) is 3.95. The first-order chi connectivity index (χ1) is 9.58. The molecule has 5 heteroatoms. The number of nitrogens with zero attached hydrogens (tertiary/aromatic N) is 1. The molecular weight excluding hydrogens is 256 g/mol. The summed E-state index contributed by atoms with van der Waals surface area (Å²) < 4.78 is 5.14. The highest BCUT2D eigenvalue weighted by atomic mass is 16.5. The number of carboxylic acid groups (broad SMARTS) is 1. The van der Waals surface area contributed by atoms with Gasteiger partial charge < -0.3 is 15.6 Å². The molecule has 5 nitrogen and oxygen atoms in total. The third-order valence-corrected chi connectivity index (χ3v) is 3.81. The summed E-state index contributed by atoms with van der Waals surface area (Å²) in [5.74, 6) is 0.0800. The second-order valence-corrected chi connectivity index (χ2v) is 5.37. The summed E-state index contributed by atoms with van der Waals surface area (Å²) in [7, 11) is 1.64. The second kappa shape index (κ2) is 6.72. The van der Waals surface area contributed by atoms with Crippen LogP contribution in [0.4, 0.5) is 0 Å². The molecule has 110 valence electrons. The average molecular weight is 278 g/mol. The zero-order chi connectivity index (χ0) is 14.5. The van der Waals surface area contributed by atoms with E-state index < -0.39 is 5.97 Å². The molecule has 3 N–H and O–H groups in total. The number of carbonyl (C=O) groups is 1. The lowest BCUT2D eigenvalue weighted by atomic mass is 9.96. The molecule has 1 aliphatic rings. The van der Waals surface area contributed by atoms with Gasteiger partial charge in [0.1, 0.15) is 5.75 Å². The normalized spacial score (nSPS) is 23.5. The summed E-state index contributed by atoms with van der Waals surface area (Å²) in [6, 6.07) is 8.08. The number of hydrogen-bond acceptors (Lipinski definition) is 4. The minimum atomic E-state index is -0.745. The van der Waals surface area contributed by atoms with Crippen molar-refractivity contribution in [3.63, 3.8) is 0 Å². The Hall–Kier alpha value is -1.59. The van der Waals surface area contributed by atoms with Gasteiger partial charge in [-0.1, -0.05) is 12.1 Å². The summed E-state index contributed by atoms with van der Waals surface area (Å²) in [6.45, 7) is 1.49. The first kappa shape index (κ1) is 14.8. The molecule has 1 aliphatic heterocycles. The van der Waals surface area contributed by atoms with Crippen LogP contribution < -0.4 is 10.5 Å². The molecule has 0 bridgehead atoms. The van der Waals surface area contributed by atoms with Crippen molar-refractivity contribution in [3.05, 3.63) is 29.8 Å². The van der Waals surface area contributed by atoms with E-state index in [1.54, 1.807) is 7.11 Å². The number of piperidine rings is 1. The van der Waals surface area contributed by atoms with Crippen LogP contribution in [0, 0.1) is 0 Å². The number of hydrogen-bond donors (Lipinski definition) is 2. The predicted molar refractivity (Wildman–Crippen MR) is 76.7 cm³/mol. The molecule has 0 unspecified atom stereocenters. The Kier molecular flexibility index (Phi) is 4.98. The first-order valence-corrected chi connectivity index (χ1v) is 6.93. The molecule has 0 spiro atoms. The fourth-order valence-corrected chi connectivity index (χ4v) is 2.72. The van der Waals surface area contributed by atoms with Crippen LogP contribution in [0.15, 0.2) is 24.3 Å². The molecule has 20 heavy (non-hydrogen) atoms. The number of ether oxygens (including phenoxy) is 1. The summed E-state index contributed by atoms with van der Waals surface area (Å²) >= 11 is 0. The predicted octanol–water partition coefficient (Wildman–Crippen LogP) is 1.46. The Labute approximate surface area is 119 Å². The highest BCUT2D eigenvalue weighted by molar-refractivity contribution is 5.67. The second-order valence-electron chi connectivity index (χ2n) is 5.37. The lowest BCUT2D eigenvalue weighted by molar-refractivity contribution is -0.138. The van der Waals surface area contributed by atoms with Crippen molar-refractivity contribution in [2.24, 2.45) is 5.73 Å². The minimum Gasteiger partial charge on any atom is -0.497 e. The van der Waals surface area contributed by atoms with Crippen molar-refractivity contribution in [3.8, 4) is 5.75 Å². The molecule has 0 amide bonds. The number of nitrogens with two attached hydrogens (primary N) is 1. The SMILES string of the molecule is COc1ccc(CN2C[C@H](N)CC[C@@H]2CC(=O)O)cc1. The van der Waals surface area contributed by atoms with Crippen molar-refractivity contribution in [2.45, 2.75) is 37.9 Å². The van der Waals surface area contributed by atoms with E-state index in [0.717, 1.165) is 37.2 Å². The number of rotatable bonds is 5. The minimum absolute atomic E-state index is 0.0781. The average Bonchev–Trinajstić information content (AvgIpc) is 2.42. The molecule has 0 radical (unpaired) electrons. The zero-order valence-corrected chi connectivity index (χ0v) is 11.8. The van der Waals surface area contributed by atoms with E-state index in [-0.39, 0.29) is 18.5 Å². The standard InChI is InChI=1S/C15H22N2O3/c1-20-14-6-2-11(3-7-14)9-17-10-12(16)4-5-13(17)8-15(18)19/h2-3,6-7,12-13H,4-5,8-10,16H2,1H3,(H,18,19)/t12-,13-/m1/s1. The first-order valence-electron chi connectivity index (χ1n) is 6.93. The molecular formula is C15H22N2O3. The van der Waals surface area contributed by atoms with Gasteiger partial charge in [-0.25, -0.2) is 0 Å². The quantitative estimate of drug-likeness (QED) is 0.853. The molecule has 0 aromatic heterocycles. The topological polar surface area (TPSA) is 75.8 Å². The van der Waals surface area contributed by atoms with Crippen molar-refractivity contribution >= 4 is 5.97 Å². The van der Waals surface area contributed by atoms with Gasteiger partial charge in [0.25, 0.3) is 0 Å². The van der Waals surface area contributed by atoms with E-state index in [1.165, 1.54) is 0 Å². The monoisotopic (exact) mass is 278 g/mol. The van der Waals surface area contributed by atoms with E-state index in [9.17, 15) is 4.79 Å². The Morgan fingerprint density at radius 3 is 2.70 bits per heavy atom. The summed E-state index contributed by atoms with van der Waals surface area (Å²) in [6.07, 6.45) is 1.93. The van der Waals surface area contributed by atoms with Crippen molar-refractivity contribution < 1.29 is 14.6 Å². The molecule has 2 atom stereocenters. The van der Waals surface area contributed by atoms with Crippen LogP contribution in [-0.4, -0.2) is 41.7 Å². The Balaban J connectivity index is 2.03. The van der Waals surface area contributed by atoms with Gasteiger partial charge in [0, 0.05) is 25.2 Å². The van der Waals surface area contributed by atoms with Gasteiger partial charge in [-0.2, -0.15) is 0 Å². The van der Waals surface area contributed by atoms with Gasteiger partial charge in [0.15, 0.2) is 0 Å². The van der Waals surface area contributed by atoms with Gasteiger partial charge >= 0.3 is 5.97 Å². The summed E-state index contributed by atoms with van der Waals surface area (Å²) in [5.41, 5.74) is 7.16. The van der Waals surface area contributed by atoms with Crippen LogP contribution in [0.2, 0.25) is 0 Å². The molecule has 1 aromatic rings. The van der Waals surface area contributed by atoms with Crippen LogP contribution in [0.25, 0.3) is 0 Å². The molecule has 2 rings (SSSR count). The number of likely N-dealkylation sites (tertiary alicyclic amines) is 1. The lowest BCUT2D eigenvalue weighted by Gasteiger charge is -2.38. The Bertz CT molecular complexity index is 447. The van der Waals surface area contributed by atoms with Gasteiger partial charge in [0.05, 0.1) is 13.5 Å². The van der Waals surface area contributed by atoms with Crippen molar-refractivity contribution in [1.29, 1.82) is 0 Å². The number of methoxy groups -OCH3 is 1. The Morgan fingerprint density at radius 2 is 2.10 bits per heavy atom. The highest BCUT2D eigenvalue weighted by Crippen LogP contribution is 2.22. The highest BCUT2D eigenvalue weighted by Gasteiger charge is 2.28. The van der Waals surface area contributed by atoms with Crippen LogP contribution >= 0.6 is 0 Å². The van der Waals surface area contributed by atoms with Crippen LogP contribution in [0.1, 0.15) is 24.8 Å².